The van der Waals surface area contributed by atoms with E-state index in [0.717, 1.165) is 0 Å². The van der Waals surface area contributed by atoms with Crippen molar-refractivity contribution in [3.8, 4) is 0 Å². The van der Waals surface area contributed by atoms with Crippen molar-refractivity contribution in [3.63, 3.8) is 0 Å². The van der Waals surface area contributed by atoms with Crippen molar-refractivity contribution in [1.82, 2.24) is 19.2 Å². The second kappa shape index (κ2) is 6.57. The van der Waals surface area contributed by atoms with Crippen molar-refractivity contribution < 1.29 is 13.2 Å². The van der Waals surface area contributed by atoms with Crippen molar-refractivity contribution in [2.45, 2.75) is 20.3 Å². The van der Waals surface area contributed by atoms with Crippen molar-refractivity contribution in [1.29, 1.82) is 0 Å². The Kier molecular flexibility index (Phi) is 4.97. The lowest BCUT2D eigenvalue weighted by Gasteiger charge is -2.33. The van der Waals surface area contributed by atoms with Gasteiger partial charge in [-0.1, -0.05) is 0 Å². The molecule has 1 aliphatic rings. The van der Waals surface area contributed by atoms with E-state index in [1.54, 1.807) is 18.7 Å². The first-order chi connectivity index (χ1) is 10.3. The Bertz CT molecular complexity index is 705. The fourth-order valence-corrected chi connectivity index (χ4v) is 3.42. The van der Waals surface area contributed by atoms with Gasteiger partial charge in [0, 0.05) is 31.7 Å². The fraction of sp³-hybridized carbons (Fsp3) is 0.615. The maximum atomic E-state index is 12.3. The number of carbonyl (C=O) groups is 1. The minimum atomic E-state index is -3.20. The third-order valence-electron chi connectivity index (χ3n) is 3.86. The van der Waals surface area contributed by atoms with Gasteiger partial charge in [-0.15, -0.1) is 0 Å². The molecule has 0 saturated carbocycles. The van der Waals surface area contributed by atoms with E-state index in [4.69, 9.17) is 0 Å². The smallest absolute Gasteiger partial charge is 0.253 e. The highest BCUT2D eigenvalue weighted by atomic mass is 32.2. The Hall–Kier alpha value is -1.74. The predicted molar refractivity (Wildman–Crippen MR) is 80.9 cm³/mol. The molecule has 0 radical (unpaired) electrons. The van der Waals surface area contributed by atoms with Gasteiger partial charge in [-0.2, -0.15) is 4.31 Å². The number of carbonyl (C=O) groups excluding carboxylic acids is 1. The average molecular weight is 328 g/mol. The van der Waals surface area contributed by atoms with Gasteiger partial charge in [0.2, 0.25) is 15.9 Å². The fourth-order valence-electron chi connectivity index (χ4n) is 2.34. The third kappa shape index (κ3) is 3.53. The highest BCUT2D eigenvalue weighted by Gasteiger charge is 2.27. The van der Waals surface area contributed by atoms with Crippen molar-refractivity contribution >= 4 is 15.9 Å². The Labute approximate surface area is 129 Å². The largest absolute Gasteiger partial charge is 0.340 e. The van der Waals surface area contributed by atoms with Crippen LogP contribution in [0.25, 0.3) is 0 Å². The van der Waals surface area contributed by atoms with E-state index in [-0.39, 0.29) is 23.6 Å². The topological polar surface area (TPSA) is 103 Å². The molecular weight excluding hydrogens is 308 g/mol. The van der Waals surface area contributed by atoms with Crippen LogP contribution in [0.4, 0.5) is 0 Å². The Morgan fingerprint density at radius 1 is 1.32 bits per heavy atom. The van der Waals surface area contributed by atoms with Gasteiger partial charge in [0.1, 0.15) is 0 Å². The van der Waals surface area contributed by atoms with Crippen LogP contribution in [0.2, 0.25) is 0 Å². The number of nitrogens with zero attached hydrogens (tertiary/aromatic N) is 3. The molecule has 122 valence electrons. The van der Waals surface area contributed by atoms with Gasteiger partial charge in [-0.3, -0.25) is 9.59 Å². The predicted octanol–water partition coefficient (Wildman–Crippen LogP) is -0.885. The van der Waals surface area contributed by atoms with Gasteiger partial charge in [0.05, 0.1) is 24.2 Å². The highest BCUT2D eigenvalue weighted by molar-refractivity contribution is 7.89. The molecule has 9 heteroatoms. The summed E-state index contributed by atoms with van der Waals surface area (Å²) in [5, 5.41) is 0. The quantitative estimate of drug-likeness (QED) is 0.772. The monoisotopic (exact) mass is 328 g/mol. The summed E-state index contributed by atoms with van der Waals surface area (Å²) in [6.07, 6.45) is 1.33. The van der Waals surface area contributed by atoms with Crippen LogP contribution in [0.1, 0.15) is 18.2 Å². The molecule has 1 N–H and O–H groups in total. The van der Waals surface area contributed by atoms with E-state index in [0.29, 0.717) is 37.4 Å². The van der Waals surface area contributed by atoms with Crippen LogP contribution in [0.15, 0.2) is 11.1 Å². The zero-order valence-corrected chi connectivity index (χ0v) is 13.5. The summed E-state index contributed by atoms with van der Waals surface area (Å²) >= 11 is 0. The van der Waals surface area contributed by atoms with Crippen LogP contribution in [0.3, 0.4) is 0 Å². The Morgan fingerprint density at radius 2 is 1.95 bits per heavy atom. The third-order valence-corrected chi connectivity index (χ3v) is 5.74. The van der Waals surface area contributed by atoms with Crippen molar-refractivity contribution in [2.24, 2.45) is 0 Å². The first-order valence-electron chi connectivity index (χ1n) is 7.14. The van der Waals surface area contributed by atoms with Crippen LogP contribution in [0, 0.1) is 6.92 Å². The normalized spacial score (nSPS) is 16.7. The molecular formula is C13H20N4O4S. The highest BCUT2D eigenvalue weighted by Crippen LogP contribution is 2.10. The second-order valence-corrected chi connectivity index (χ2v) is 7.42. The lowest BCUT2D eigenvalue weighted by Crippen LogP contribution is -2.51. The first-order valence-corrected chi connectivity index (χ1v) is 8.75. The van der Waals surface area contributed by atoms with Crippen LogP contribution in [-0.4, -0.2) is 65.4 Å². The number of amides is 1. The molecule has 1 aliphatic heterocycles. The first kappa shape index (κ1) is 16.6. The van der Waals surface area contributed by atoms with Gasteiger partial charge < -0.3 is 9.88 Å². The van der Waals surface area contributed by atoms with Crippen molar-refractivity contribution in [2.75, 3.05) is 31.9 Å². The van der Waals surface area contributed by atoms with E-state index in [2.05, 4.69) is 9.97 Å². The van der Waals surface area contributed by atoms with Gasteiger partial charge in [0.25, 0.3) is 5.56 Å². The second-order valence-electron chi connectivity index (χ2n) is 5.16. The van der Waals surface area contributed by atoms with E-state index in [1.807, 2.05) is 0 Å². The number of sulfonamides is 1. The molecule has 1 aromatic rings. The van der Waals surface area contributed by atoms with Gasteiger partial charge in [0.15, 0.2) is 0 Å². The zero-order chi connectivity index (χ0) is 16.3. The van der Waals surface area contributed by atoms with E-state index < -0.39 is 10.0 Å². The Morgan fingerprint density at radius 3 is 2.55 bits per heavy atom. The maximum Gasteiger partial charge on any atom is 0.253 e. The maximum absolute atomic E-state index is 12.3. The molecule has 0 spiro atoms. The molecule has 2 heterocycles. The van der Waals surface area contributed by atoms with E-state index in [1.165, 1.54) is 10.6 Å². The minimum Gasteiger partial charge on any atom is -0.340 e. The summed E-state index contributed by atoms with van der Waals surface area (Å²) < 4.78 is 25.0. The standard InChI is InChI=1S/C13H20N4O4S/c1-3-22(20,21)17-6-4-16(5-7-17)12(18)8-11-10(2)13(19)15-9-14-11/h9H,3-8H2,1-2H3,(H,14,15,19). The summed E-state index contributed by atoms with van der Waals surface area (Å²) in [4.78, 5) is 31.9. The molecule has 1 saturated heterocycles. The summed E-state index contributed by atoms with van der Waals surface area (Å²) in [6, 6.07) is 0. The van der Waals surface area contributed by atoms with Crippen LogP contribution >= 0.6 is 0 Å². The summed E-state index contributed by atoms with van der Waals surface area (Å²) in [7, 11) is -3.20. The molecule has 0 unspecified atom stereocenters. The number of H-pyrrole nitrogens is 1. The minimum absolute atomic E-state index is 0.0519. The number of hydrogen-bond acceptors (Lipinski definition) is 5. The summed E-state index contributed by atoms with van der Waals surface area (Å²) in [5.41, 5.74) is 0.636. The van der Waals surface area contributed by atoms with Crippen LogP contribution < -0.4 is 5.56 Å². The molecule has 0 aromatic carbocycles. The molecule has 1 fully saturated rings. The van der Waals surface area contributed by atoms with Crippen molar-refractivity contribution in [3.05, 3.63) is 27.9 Å². The number of rotatable bonds is 4. The molecule has 0 aliphatic carbocycles. The van der Waals surface area contributed by atoms with E-state index >= 15 is 0 Å². The lowest BCUT2D eigenvalue weighted by molar-refractivity contribution is -0.131. The number of hydrogen-bond donors (Lipinski definition) is 1. The van der Waals surface area contributed by atoms with Crippen LogP contribution in [-0.2, 0) is 21.2 Å². The molecule has 8 nitrogen and oxygen atoms in total. The molecule has 0 bridgehead atoms. The number of aromatic amines is 1. The number of aromatic nitrogens is 2. The molecule has 1 aromatic heterocycles. The molecule has 0 atom stereocenters. The Balaban J connectivity index is 1.99. The number of nitrogens with one attached hydrogen (secondary N) is 1. The van der Waals surface area contributed by atoms with Gasteiger partial charge in [-0.25, -0.2) is 13.4 Å². The zero-order valence-electron chi connectivity index (χ0n) is 12.7. The summed E-state index contributed by atoms with van der Waals surface area (Å²) in [5.74, 6) is -0.0774. The van der Waals surface area contributed by atoms with Gasteiger partial charge in [-0.05, 0) is 13.8 Å². The summed E-state index contributed by atoms with van der Waals surface area (Å²) in [6.45, 7) is 4.57. The average Bonchev–Trinajstić information content (AvgIpc) is 2.52. The number of piperazine rings is 1. The molecule has 22 heavy (non-hydrogen) atoms. The molecule has 1 amide bonds. The van der Waals surface area contributed by atoms with Gasteiger partial charge >= 0.3 is 0 Å². The molecule has 2 rings (SSSR count). The lowest BCUT2D eigenvalue weighted by atomic mass is 10.1. The van der Waals surface area contributed by atoms with Crippen LogP contribution in [0.5, 0.6) is 0 Å². The van der Waals surface area contributed by atoms with E-state index in [9.17, 15) is 18.0 Å². The SMILES string of the molecule is CCS(=O)(=O)N1CCN(C(=O)Cc2nc[nH]c(=O)c2C)CC1.